The fourth-order valence-corrected chi connectivity index (χ4v) is 2.50. The predicted octanol–water partition coefficient (Wildman–Crippen LogP) is 2.68. The molecule has 3 N–H and O–H groups in total. The third-order valence-corrected chi connectivity index (χ3v) is 3.66. The Balaban J connectivity index is 2.06. The van der Waals surface area contributed by atoms with Crippen LogP contribution in [0.1, 0.15) is 28.4 Å². The number of rotatable bonds is 3. The third kappa shape index (κ3) is 2.76. The van der Waals surface area contributed by atoms with Crippen LogP contribution in [0.25, 0.3) is 11.3 Å². The van der Waals surface area contributed by atoms with Gasteiger partial charge in [-0.3, -0.25) is 9.79 Å². The maximum Gasteiger partial charge on any atom is 0.248 e. The highest BCUT2D eigenvalue weighted by molar-refractivity contribution is 6.02. The number of aliphatic imine (C=N–C) groups is 1. The summed E-state index contributed by atoms with van der Waals surface area (Å²) >= 11 is 0. The van der Waals surface area contributed by atoms with E-state index < -0.39 is 5.91 Å². The summed E-state index contributed by atoms with van der Waals surface area (Å²) in [5.41, 5.74) is 10.1. The molecule has 22 heavy (non-hydrogen) atoms. The Morgan fingerprint density at radius 2 is 1.73 bits per heavy atom. The van der Waals surface area contributed by atoms with Gasteiger partial charge in [0.25, 0.3) is 0 Å². The van der Waals surface area contributed by atoms with Gasteiger partial charge in [-0.2, -0.15) is 0 Å². The molecule has 0 spiro atoms. The number of carbonyl (C=O) groups is 1. The first kappa shape index (κ1) is 14.1. The average molecular weight is 291 g/mol. The number of benzene rings is 2. The van der Waals surface area contributed by atoms with E-state index in [2.05, 4.69) is 22.4 Å². The highest BCUT2D eigenvalue weighted by Crippen LogP contribution is 2.27. The number of carbonyl (C=O) groups excluding carboxylic acids is 1. The molecular formula is C18H17N3O. The molecule has 1 aliphatic rings. The average Bonchev–Trinajstić information content (AvgIpc) is 2.56. The fourth-order valence-electron chi connectivity index (χ4n) is 2.50. The van der Waals surface area contributed by atoms with Gasteiger partial charge in [-0.25, -0.2) is 0 Å². The van der Waals surface area contributed by atoms with Crippen LogP contribution < -0.4 is 11.1 Å². The zero-order valence-electron chi connectivity index (χ0n) is 12.3. The van der Waals surface area contributed by atoms with Crippen molar-refractivity contribution in [2.75, 3.05) is 6.54 Å². The van der Waals surface area contributed by atoms with Crippen LogP contribution in [0.2, 0.25) is 0 Å². The van der Waals surface area contributed by atoms with Gasteiger partial charge in [-0.1, -0.05) is 42.5 Å². The number of amidine groups is 1. The molecule has 1 aliphatic heterocycles. The summed E-state index contributed by atoms with van der Waals surface area (Å²) < 4.78 is 0. The summed E-state index contributed by atoms with van der Waals surface area (Å²) in [6.45, 7) is 2.56. The second-order valence-electron chi connectivity index (χ2n) is 5.19. The van der Waals surface area contributed by atoms with Crippen molar-refractivity contribution >= 4 is 23.0 Å². The van der Waals surface area contributed by atoms with Crippen LogP contribution in [0, 0.1) is 0 Å². The first-order chi connectivity index (χ1) is 10.6. The SMILES string of the molecule is CC1=NCC(c2ccc(C(N)=O)cc2)=C(c2ccccc2)N1. The number of nitrogens with two attached hydrogens (primary N) is 1. The lowest BCUT2D eigenvalue weighted by Gasteiger charge is -2.21. The topological polar surface area (TPSA) is 67.5 Å². The Morgan fingerprint density at radius 3 is 2.36 bits per heavy atom. The number of hydrogen-bond acceptors (Lipinski definition) is 3. The molecule has 0 saturated carbocycles. The minimum absolute atomic E-state index is 0.417. The van der Waals surface area contributed by atoms with E-state index in [1.54, 1.807) is 12.1 Å². The van der Waals surface area contributed by atoms with Gasteiger partial charge in [0.2, 0.25) is 5.91 Å². The molecule has 0 atom stereocenters. The Labute approximate surface area is 129 Å². The normalized spacial score (nSPS) is 14.3. The number of amides is 1. The van der Waals surface area contributed by atoms with E-state index in [0.717, 1.165) is 28.2 Å². The van der Waals surface area contributed by atoms with E-state index in [-0.39, 0.29) is 0 Å². The van der Waals surface area contributed by atoms with Crippen molar-refractivity contribution in [2.24, 2.45) is 10.7 Å². The van der Waals surface area contributed by atoms with Gasteiger partial charge < -0.3 is 11.1 Å². The Bertz CT molecular complexity index is 759. The second-order valence-corrected chi connectivity index (χ2v) is 5.19. The molecule has 4 nitrogen and oxygen atoms in total. The summed E-state index contributed by atoms with van der Waals surface area (Å²) in [7, 11) is 0. The predicted molar refractivity (Wildman–Crippen MR) is 89.3 cm³/mol. The van der Waals surface area contributed by atoms with Crippen molar-refractivity contribution in [1.29, 1.82) is 0 Å². The standard InChI is InChI=1S/C18H17N3O/c1-12-20-11-16(13-7-9-15(10-8-13)18(19)22)17(21-12)14-5-3-2-4-6-14/h2-10H,11H2,1H3,(H2,19,22)(H,20,21). The summed E-state index contributed by atoms with van der Waals surface area (Å²) in [5, 5.41) is 3.36. The summed E-state index contributed by atoms with van der Waals surface area (Å²) in [4.78, 5) is 15.7. The molecule has 2 aromatic carbocycles. The molecule has 2 aromatic rings. The van der Waals surface area contributed by atoms with Crippen LogP contribution in [-0.2, 0) is 0 Å². The van der Waals surface area contributed by atoms with Gasteiger partial charge in [-0.05, 0) is 30.2 Å². The highest BCUT2D eigenvalue weighted by atomic mass is 16.1. The molecule has 3 rings (SSSR count). The highest BCUT2D eigenvalue weighted by Gasteiger charge is 2.16. The maximum atomic E-state index is 11.2. The van der Waals surface area contributed by atoms with Gasteiger partial charge in [0.15, 0.2) is 0 Å². The van der Waals surface area contributed by atoms with Crippen LogP contribution in [-0.4, -0.2) is 18.3 Å². The maximum absolute atomic E-state index is 11.2. The quantitative estimate of drug-likeness (QED) is 0.913. The summed E-state index contributed by atoms with van der Waals surface area (Å²) in [6.07, 6.45) is 0. The van der Waals surface area contributed by atoms with Crippen LogP contribution in [0.15, 0.2) is 59.6 Å². The molecule has 0 aromatic heterocycles. The van der Waals surface area contributed by atoms with E-state index in [4.69, 9.17) is 5.73 Å². The molecular weight excluding hydrogens is 274 g/mol. The van der Waals surface area contributed by atoms with E-state index in [1.165, 1.54) is 0 Å². The van der Waals surface area contributed by atoms with E-state index >= 15 is 0 Å². The van der Waals surface area contributed by atoms with Gasteiger partial charge >= 0.3 is 0 Å². The molecule has 0 unspecified atom stereocenters. The van der Waals surface area contributed by atoms with Crippen molar-refractivity contribution in [3.05, 3.63) is 71.3 Å². The molecule has 0 radical (unpaired) electrons. The molecule has 0 fully saturated rings. The Kier molecular flexibility index (Phi) is 3.74. The van der Waals surface area contributed by atoms with E-state index in [1.807, 2.05) is 37.3 Å². The first-order valence-electron chi connectivity index (χ1n) is 7.12. The number of primary amides is 1. The molecule has 110 valence electrons. The van der Waals surface area contributed by atoms with Gasteiger partial charge in [0.1, 0.15) is 0 Å². The number of nitrogens with zero attached hydrogens (tertiary/aromatic N) is 1. The van der Waals surface area contributed by atoms with E-state index in [0.29, 0.717) is 12.1 Å². The fraction of sp³-hybridized carbons (Fsp3) is 0.111. The molecule has 1 heterocycles. The van der Waals surface area contributed by atoms with Crippen molar-refractivity contribution in [3.8, 4) is 0 Å². The van der Waals surface area contributed by atoms with Crippen molar-refractivity contribution in [2.45, 2.75) is 6.92 Å². The number of nitrogens with one attached hydrogen (secondary N) is 1. The molecule has 0 aliphatic carbocycles. The molecule has 4 heteroatoms. The van der Waals surface area contributed by atoms with Crippen LogP contribution in [0.4, 0.5) is 0 Å². The number of hydrogen-bond donors (Lipinski definition) is 2. The second kappa shape index (κ2) is 5.85. The lowest BCUT2D eigenvalue weighted by molar-refractivity contribution is 0.100. The largest absolute Gasteiger partial charge is 0.366 e. The minimum Gasteiger partial charge on any atom is -0.366 e. The minimum atomic E-state index is -0.417. The van der Waals surface area contributed by atoms with Crippen LogP contribution in [0.5, 0.6) is 0 Å². The Morgan fingerprint density at radius 1 is 1.05 bits per heavy atom. The van der Waals surface area contributed by atoms with Crippen LogP contribution >= 0.6 is 0 Å². The lowest BCUT2D eigenvalue weighted by atomic mass is 9.97. The zero-order chi connectivity index (χ0) is 15.5. The monoisotopic (exact) mass is 291 g/mol. The summed E-state index contributed by atoms with van der Waals surface area (Å²) in [6, 6.07) is 17.5. The smallest absolute Gasteiger partial charge is 0.248 e. The van der Waals surface area contributed by atoms with Gasteiger partial charge in [-0.15, -0.1) is 0 Å². The van der Waals surface area contributed by atoms with Gasteiger partial charge in [0.05, 0.1) is 18.1 Å². The van der Waals surface area contributed by atoms with Gasteiger partial charge in [0, 0.05) is 11.1 Å². The Hall–Kier alpha value is -2.88. The third-order valence-electron chi connectivity index (χ3n) is 3.66. The van der Waals surface area contributed by atoms with E-state index in [9.17, 15) is 4.79 Å². The molecule has 0 saturated heterocycles. The zero-order valence-corrected chi connectivity index (χ0v) is 12.3. The lowest BCUT2D eigenvalue weighted by Crippen LogP contribution is -2.25. The van der Waals surface area contributed by atoms with Crippen molar-refractivity contribution in [3.63, 3.8) is 0 Å². The molecule has 0 bridgehead atoms. The molecule has 1 amide bonds. The van der Waals surface area contributed by atoms with Crippen molar-refractivity contribution in [1.82, 2.24) is 5.32 Å². The van der Waals surface area contributed by atoms with Crippen molar-refractivity contribution < 1.29 is 4.79 Å². The first-order valence-corrected chi connectivity index (χ1v) is 7.12. The van der Waals surface area contributed by atoms with Crippen LogP contribution in [0.3, 0.4) is 0 Å². The summed E-state index contributed by atoms with van der Waals surface area (Å²) in [5.74, 6) is 0.482.